The van der Waals surface area contributed by atoms with Crippen molar-refractivity contribution < 1.29 is 29.0 Å². The van der Waals surface area contributed by atoms with Gasteiger partial charge in [0.1, 0.15) is 18.1 Å². The zero-order valence-corrected chi connectivity index (χ0v) is 26.6. The minimum Gasteiger partial charge on any atom is -0.492 e. The van der Waals surface area contributed by atoms with Crippen LogP contribution in [0.1, 0.15) is 51.6 Å². The molecule has 2 amide bonds. The lowest BCUT2D eigenvalue weighted by Gasteiger charge is -2.16. The minimum atomic E-state index is -1.04. The second kappa shape index (κ2) is 14.2. The van der Waals surface area contributed by atoms with Gasteiger partial charge < -0.3 is 25.2 Å². The predicted octanol–water partition coefficient (Wildman–Crippen LogP) is 7.09. The van der Waals surface area contributed by atoms with Crippen molar-refractivity contribution in [1.29, 1.82) is 0 Å². The van der Waals surface area contributed by atoms with E-state index in [2.05, 4.69) is 29.5 Å². The summed E-state index contributed by atoms with van der Waals surface area (Å²) >= 11 is 0. The van der Waals surface area contributed by atoms with E-state index in [9.17, 15) is 19.5 Å². The molecule has 1 unspecified atom stereocenters. The van der Waals surface area contributed by atoms with Gasteiger partial charge in [-0.05, 0) is 101 Å². The van der Waals surface area contributed by atoms with Gasteiger partial charge in [-0.3, -0.25) is 14.6 Å². The van der Waals surface area contributed by atoms with E-state index in [0.29, 0.717) is 34.2 Å². The summed E-state index contributed by atoms with van der Waals surface area (Å²) in [5.41, 5.74) is 4.25. The van der Waals surface area contributed by atoms with Crippen molar-refractivity contribution in [2.75, 3.05) is 18.5 Å². The summed E-state index contributed by atoms with van der Waals surface area (Å²) in [7, 11) is 0. The van der Waals surface area contributed by atoms with Crippen molar-refractivity contribution in [2.45, 2.75) is 32.3 Å². The summed E-state index contributed by atoms with van der Waals surface area (Å²) in [5, 5.41) is 18.3. The van der Waals surface area contributed by atoms with Crippen LogP contribution in [0.2, 0.25) is 0 Å². The van der Waals surface area contributed by atoms with Gasteiger partial charge in [-0.25, -0.2) is 4.79 Å². The van der Waals surface area contributed by atoms with Crippen molar-refractivity contribution in [2.24, 2.45) is 0 Å². The van der Waals surface area contributed by atoms with Crippen molar-refractivity contribution in [1.82, 2.24) is 10.3 Å². The molecular formula is C39H35N3O6. The van der Waals surface area contributed by atoms with Crippen molar-refractivity contribution in [3.05, 3.63) is 132 Å². The number of aliphatic carboxylic acids is 1. The number of anilines is 1. The number of fused-ring (bicyclic) bond motifs is 6. The van der Waals surface area contributed by atoms with Crippen LogP contribution in [0.3, 0.4) is 0 Å². The number of rotatable bonds is 13. The molecule has 0 radical (unpaired) electrons. The molecule has 0 aliphatic heterocycles. The van der Waals surface area contributed by atoms with E-state index < -0.39 is 12.1 Å². The lowest BCUT2D eigenvalue weighted by atomic mass is 10.0. The minimum absolute atomic E-state index is 0.195. The first kappa shape index (κ1) is 32.0. The lowest BCUT2D eigenvalue weighted by Crippen LogP contribution is -2.29. The molecule has 0 aliphatic carbocycles. The maximum absolute atomic E-state index is 13.1. The van der Waals surface area contributed by atoms with Crippen LogP contribution in [-0.2, 0) is 11.2 Å². The number of carbonyl (C=O) groups excluding carboxylic acids is 2. The molecule has 0 saturated heterocycles. The van der Waals surface area contributed by atoms with Gasteiger partial charge in [-0.2, -0.15) is 0 Å². The summed E-state index contributed by atoms with van der Waals surface area (Å²) in [6.07, 6.45) is 0.906. The highest BCUT2D eigenvalue weighted by atomic mass is 16.5. The highest BCUT2D eigenvalue weighted by molar-refractivity contribution is 6.15. The van der Waals surface area contributed by atoms with Gasteiger partial charge in [0.25, 0.3) is 11.8 Å². The number of nitrogens with zero attached hydrogens (tertiary/aromatic N) is 1. The Balaban J connectivity index is 0.952. The fourth-order valence-electron chi connectivity index (χ4n) is 5.44. The molecule has 0 spiro atoms. The maximum atomic E-state index is 13.1. The molecule has 9 heteroatoms. The molecule has 9 nitrogen and oxygen atoms in total. The van der Waals surface area contributed by atoms with Gasteiger partial charge >= 0.3 is 5.97 Å². The molecule has 5 aromatic carbocycles. The van der Waals surface area contributed by atoms with Gasteiger partial charge in [-0.15, -0.1) is 0 Å². The fourth-order valence-corrected chi connectivity index (χ4v) is 5.44. The summed E-state index contributed by atoms with van der Waals surface area (Å²) in [5.74, 6) is -0.0798. The number of hydrogen-bond acceptors (Lipinski definition) is 6. The Morgan fingerprint density at radius 1 is 0.792 bits per heavy atom. The number of carboxylic acids is 1. The predicted molar refractivity (Wildman–Crippen MR) is 185 cm³/mol. The number of carboxylic acid groups (broad SMARTS) is 1. The molecule has 0 fully saturated rings. The first-order chi connectivity index (χ1) is 23.2. The van der Waals surface area contributed by atoms with E-state index in [-0.39, 0.29) is 31.4 Å². The SMILES string of the molecule is CC(C)c1ccc(OC(Cc2ccc(OCCNC(=O)c3ccc(NC(=O)c4ccc5cc4c4cc5ccn4)cc3)cc2)C(=O)O)cc1. The zero-order chi connectivity index (χ0) is 33.6. The number of carbonyl (C=O) groups is 3. The average Bonchev–Trinajstić information content (AvgIpc) is 3.10. The second-order valence-electron chi connectivity index (χ2n) is 11.8. The summed E-state index contributed by atoms with van der Waals surface area (Å²) in [4.78, 5) is 42.0. The number of nitrogens with one attached hydrogen (secondary N) is 2. The molecule has 0 saturated carbocycles. The fraction of sp³-hybridized carbons (Fsp3) is 0.179. The monoisotopic (exact) mass is 641 g/mol. The van der Waals surface area contributed by atoms with Gasteiger partial charge in [0.15, 0.2) is 6.10 Å². The van der Waals surface area contributed by atoms with Gasteiger partial charge in [0, 0.05) is 34.8 Å². The molecule has 1 aromatic heterocycles. The molecule has 1 atom stereocenters. The molecule has 4 bridgehead atoms. The largest absolute Gasteiger partial charge is 0.492 e. The lowest BCUT2D eigenvalue weighted by molar-refractivity contribution is -0.145. The highest BCUT2D eigenvalue weighted by Crippen LogP contribution is 2.27. The molecule has 3 N–H and O–H groups in total. The molecule has 1 heterocycles. The molecule has 6 aromatic rings. The smallest absolute Gasteiger partial charge is 0.345 e. The molecule has 6 rings (SSSR count). The van der Waals surface area contributed by atoms with Crippen molar-refractivity contribution >= 4 is 45.1 Å². The maximum Gasteiger partial charge on any atom is 0.345 e. The number of pyridine rings is 1. The van der Waals surface area contributed by atoms with Crippen molar-refractivity contribution in [3.63, 3.8) is 0 Å². The molecular weight excluding hydrogens is 606 g/mol. The molecule has 242 valence electrons. The van der Waals surface area contributed by atoms with Crippen LogP contribution in [0.5, 0.6) is 11.5 Å². The first-order valence-electron chi connectivity index (χ1n) is 15.7. The van der Waals surface area contributed by atoms with E-state index in [1.54, 1.807) is 72.9 Å². The quantitative estimate of drug-likeness (QED) is 0.115. The van der Waals surface area contributed by atoms with Crippen molar-refractivity contribution in [3.8, 4) is 11.5 Å². The standard InChI is InChI=1S/C39H35N3O6/c1-24(2)26-7-14-32(15-8-26)48-36(39(45)46)21-25-3-12-31(13-4-25)47-20-19-41-37(43)27-5-10-30(11-6-27)42-38(44)33-16-9-28-22-34(33)35-23-29(28)17-18-40-35/h3-18,22-24,36H,19-21H2,1-2H3,(H,41,43)(H,42,44)(H,45,46). The first-order valence-corrected chi connectivity index (χ1v) is 15.7. The highest BCUT2D eigenvalue weighted by Gasteiger charge is 2.20. The Labute approximate surface area is 277 Å². The van der Waals surface area contributed by atoms with Crippen LogP contribution in [0, 0.1) is 0 Å². The molecule has 0 aliphatic rings. The number of benzene rings is 5. The van der Waals surface area contributed by atoms with Gasteiger partial charge in [0.05, 0.1) is 12.1 Å². The Morgan fingerprint density at radius 3 is 2.21 bits per heavy atom. The average molecular weight is 642 g/mol. The van der Waals surface area contributed by atoms with Crippen LogP contribution in [0.25, 0.3) is 21.7 Å². The van der Waals surface area contributed by atoms with Gasteiger partial charge in [0.2, 0.25) is 0 Å². The number of ether oxygens (including phenoxy) is 2. The van der Waals surface area contributed by atoms with E-state index in [0.717, 1.165) is 32.8 Å². The zero-order valence-electron chi connectivity index (χ0n) is 26.6. The van der Waals surface area contributed by atoms with E-state index in [1.165, 1.54) is 0 Å². The van der Waals surface area contributed by atoms with Crippen LogP contribution < -0.4 is 20.1 Å². The number of aromatic nitrogens is 1. The second-order valence-corrected chi connectivity index (χ2v) is 11.8. The van der Waals surface area contributed by atoms with Crippen LogP contribution in [0.4, 0.5) is 5.69 Å². The summed E-state index contributed by atoms with van der Waals surface area (Å²) in [6, 6.07) is 30.9. The number of hydrogen-bond donors (Lipinski definition) is 3. The van der Waals surface area contributed by atoms with Crippen LogP contribution >= 0.6 is 0 Å². The third kappa shape index (κ3) is 7.53. The van der Waals surface area contributed by atoms with Gasteiger partial charge in [-0.1, -0.05) is 44.2 Å². The Kier molecular flexibility index (Phi) is 9.47. The van der Waals surface area contributed by atoms with Crippen LogP contribution in [0.15, 0.2) is 109 Å². The van der Waals surface area contributed by atoms with Crippen LogP contribution in [-0.4, -0.2) is 47.1 Å². The normalized spacial score (nSPS) is 11.8. The Bertz CT molecular complexity index is 2040. The van der Waals surface area contributed by atoms with E-state index in [1.807, 2.05) is 36.4 Å². The third-order valence-electron chi connectivity index (χ3n) is 8.14. The van der Waals surface area contributed by atoms with E-state index in [4.69, 9.17) is 9.47 Å². The Hall–Kier alpha value is -5.96. The number of amides is 2. The third-order valence-corrected chi connectivity index (χ3v) is 8.14. The van der Waals surface area contributed by atoms with E-state index >= 15 is 0 Å². The Morgan fingerprint density at radius 2 is 1.50 bits per heavy atom. The summed E-state index contributed by atoms with van der Waals surface area (Å²) in [6.45, 7) is 4.71. The molecule has 48 heavy (non-hydrogen) atoms. The summed E-state index contributed by atoms with van der Waals surface area (Å²) < 4.78 is 11.5. The topological polar surface area (TPSA) is 127 Å².